The molecule has 0 saturated heterocycles. The quantitative estimate of drug-likeness (QED) is 0.0423. The van der Waals surface area contributed by atoms with Crippen LogP contribution in [0.25, 0.3) is 0 Å². The van der Waals surface area contributed by atoms with Crippen molar-refractivity contribution in [2.24, 2.45) is 0 Å². The minimum absolute atomic E-state index is 0.0583. The van der Waals surface area contributed by atoms with Crippen molar-refractivity contribution in [1.29, 1.82) is 0 Å². The minimum Gasteiger partial charge on any atom is -0.394 e. The molecule has 0 heterocycles. The lowest BCUT2D eigenvalue weighted by Gasteiger charge is -2.20. The van der Waals surface area contributed by atoms with Crippen LogP contribution in [0.3, 0.4) is 0 Å². The number of carbonyl (C=O) groups excluding carboxylic acids is 1. The highest BCUT2D eigenvalue weighted by Gasteiger charge is 2.18. The van der Waals surface area contributed by atoms with Crippen LogP contribution in [-0.2, 0) is 4.79 Å². The maximum atomic E-state index is 12.4. The molecule has 0 aliphatic heterocycles. The van der Waals surface area contributed by atoms with Crippen LogP contribution in [0.1, 0.15) is 309 Å². The van der Waals surface area contributed by atoms with E-state index in [9.17, 15) is 15.0 Å². The molecule has 3 N–H and O–H groups in total. The van der Waals surface area contributed by atoms with Crippen molar-refractivity contribution in [3.05, 3.63) is 12.2 Å². The standard InChI is InChI=1S/C54H107NO3/c1-3-5-7-9-11-13-15-17-19-20-21-22-23-24-25-26-27-28-29-30-31-32-33-34-36-37-39-41-43-45-47-49-53(57)52(51-56)55-54(58)50-48-46-44-42-40-38-35-18-16-14-12-10-8-6-4-2/h47,49,52-53,56-57H,3-46,48,50-51H2,1-2H3,(H,55,58)/b49-47+. The normalized spacial score (nSPS) is 12.8. The lowest BCUT2D eigenvalue weighted by Crippen LogP contribution is -2.45. The van der Waals surface area contributed by atoms with Gasteiger partial charge in [-0.2, -0.15) is 0 Å². The number of allylic oxidation sites excluding steroid dienone is 1. The third-order valence-corrected chi connectivity index (χ3v) is 12.8. The molecule has 0 aromatic carbocycles. The first kappa shape index (κ1) is 57.1. The van der Waals surface area contributed by atoms with Crippen LogP contribution >= 0.6 is 0 Å². The Balaban J connectivity index is 3.42. The molecule has 0 radical (unpaired) electrons. The highest BCUT2D eigenvalue weighted by molar-refractivity contribution is 5.76. The largest absolute Gasteiger partial charge is 0.394 e. The fourth-order valence-corrected chi connectivity index (χ4v) is 8.65. The minimum atomic E-state index is -0.835. The molecule has 0 rings (SSSR count). The molecule has 0 aromatic heterocycles. The molecule has 2 atom stereocenters. The highest BCUT2D eigenvalue weighted by atomic mass is 16.3. The van der Waals surface area contributed by atoms with Gasteiger partial charge >= 0.3 is 0 Å². The predicted molar refractivity (Wildman–Crippen MR) is 258 cm³/mol. The third kappa shape index (κ3) is 46.2. The molecule has 4 nitrogen and oxygen atoms in total. The Hall–Kier alpha value is -0.870. The lowest BCUT2D eigenvalue weighted by atomic mass is 10.0. The van der Waals surface area contributed by atoms with Gasteiger partial charge in [0.15, 0.2) is 0 Å². The molecule has 0 aliphatic carbocycles. The number of unbranched alkanes of at least 4 members (excludes halogenated alkanes) is 43. The van der Waals surface area contributed by atoms with Gasteiger partial charge in [-0.25, -0.2) is 0 Å². The van der Waals surface area contributed by atoms with Crippen LogP contribution in [0.5, 0.6) is 0 Å². The zero-order valence-corrected chi connectivity index (χ0v) is 39.8. The molecule has 0 bridgehead atoms. The molecule has 346 valence electrons. The maximum absolute atomic E-state index is 12.4. The Morgan fingerprint density at radius 3 is 0.897 bits per heavy atom. The van der Waals surface area contributed by atoms with Crippen molar-refractivity contribution in [2.75, 3.05) is 6.61 Å². The number of amides is 1. The second kappa shape index (κ2) is 50.5. The molecular weight excluding hydrogens is 711 g/mol. The Morgan fingerprint density at radius 1 is 0.397 bits per heavy atom. The second-order valence-corrected chi connectivity index (χ2v) is 18.7. The summed E-state index contributed by atoms with van der Waals surface area (Å²) in [6, 6.07) is -0.617. The highest BCUT2D eigenvalue weighted by Crippen LogP contribution is 2.18. The summed E-state index contributed by atoms with van der Waals surface area (Å²) in [7, 11) is 0. The summed E-state index contributed by atoms with van der Waals surface area (Å²) >= 11 is 0. The number of carbonyl (C=O) groups is 1. The smallest absolute Gasteiger partial charge is 0.220 e. The van der Waals surface area contributed by atoms with Gasteiger partial charge in [-0.1, -0.05) is 296 Å². The monoisotopic (exact) mass is 818 g/mol. The van der Waals surface area contributed by atoms with E-state index in [-0.39, 0.29) is 12.5 Å². The van der Waals surface area contributed by atoms with Crippen LogP contribution in [0.4, 0.5) is 0 Å². The number of rotatable bonds is 50. The van der Waals surface area contributed by atoms with Crippen LogP contribution in [-0.4, -0.2) is 34.9 Å². The van der Waals surface area contributed by atoms with Gasteiger partial charge in [0, 0.05) is 6.42 Å². The molecular formula is C54H107NO3. The summed E-state index contributed by atoms with van der Waals surface area (Å²) in [5.41, 5.74) is 0. The Bertz CT molecular complexity index is 799. The van der Waals surface area contributed by atoms with Gasteiger partial charge in [0.05, 0.1) is 18.8 Å². The number of aliphatic hydroxyl groups is 2. The van der Waals surface area contributed by atoms with Crippen LogP contribution < -0.4 is 5.32 Å². The van der Waals surface area contributed by atoms with E-state index in [0.717, 1.165) is 25.7 Å². The van der Waals surface area contributed by atoms with Gasteiger partial charge in [0.1, 0.15) is 0 Å². The molecule has 4 heteroatoms. The topological polar surface area (TPSA) is 69.6 Å². The maximum Gasteiger partial charge on any atom is 0.220 e. The van der Waals surface area contributed by atoms with Crippen molar-refractivity contribution in [1.82, 2.24) is 5.32 Å². The summed E-state index contributed by atoms with van der Waals surface area (Å²) < 4.78 is 0. The predicted octanol–water partition coefficient (Wildman–Crippen LogP) is 17.4. The van der Waals surface area contributed by atoms with Gasteiger partial charge in [0.25, 0.3) is 0 Å². The van der Waals surface area contributed by atoms with E-state index in [1.54, 1.807) is 6.08 Å². The SMILES string of the molecule is CCCCCCCCCCCCCCCCCCCCCCCCCCCCCCC/C=C/C(O)C(CO)NC(=O)CCCCCCCCCCCCCCCCC. The summed E-state index contributed by atoms with van der Waals surface area (Å²) in [6.45, 7) is 4.34. The first-order chi connectivity index (χ1) is 28.7. The van der Waals surface area contributed by atoms with Crippen LogP contribution in [0, 0.1) is 0 Å². The summed E-state index contributed by atoms with van der Waals surface area (Å²) in [5.74, 6) is -0.0583. The van der Waals surface area contributed by atoms with Gasteiger partial charge in [-0.15, -0.1) is 0 Å². The first-order valence-electron chi connectivity index (χ1n) is 26.9. The van der Waals surface area contributed by atoms with E-state index in [4.69, 9.17) is 0 Å². The average molecular weight is 818 g/mol. The van der Waals surface area contributed by atoms with Crippen molar-refractivity contribution in [2.45, 2.75) is 321 Å². The second-order valence-electron chi connectivity index (χ2n) is 18.7. The van der Waals surface area contributed by atoms with Crippen molar-refractivity contribution >= 4 is 5.91 Å². The van der Waals surface area contributed by atoms with Crippen LogP contribution in [0.15, 0.2) is 12.2 Å². The zero-order valence-electron chi connectivity index (χ0n) is 39.8. The molecule has 58 heavy (non-hydrogen) atoms. The van der Waals surface area contributed by atoms with E-state index < -0.39 is 12.1 Å². The number of hydrogen-bond acceptors (Lipinski definition) is 3. The first-order valence-corrected chi connectivity index (χ1v) is 26.9. The van der Waals surface area contributed by atoms with E-state index in [1.807, 2.05) is 6.08 Å². The molecule has 0 spiro atoms. The van der Waals surface area contributed by atoms with Crippen LogP contribution in [0.2, 0.25) is 0 Å². The fourth-order valence-electron chi connectivity index (χ4n) is 8.65. The molecule has 0 saturated carbocycles. The molecule has 0 fully saturated rings. The van der Waals surface area contributed by atoms with Gasteiger partial charge in [-0.05, 0) is 19.3 Å². The zero-order chi connectivity index (χ0) is 42.1. The average Bonchev–Trinajstić information content (AvgIpc) is 3.23. The summed E-state index contributed by atoms with van der Waals surface area (Å²) in [6.07, 6.45) is 65.1. The number of nitrogens with one attached hydrogen (secondary N) is 1. The summed E-state index contributed by atoms with van der Waals surface area (Å²) in [5, 5.41) is 23.1. The Labute approximate surface area is 365 Å². The molecule has 2 unspecified atom stereocenters. The van der Waals surface area contributed by atoms with E-state index in [0.29, 0.717) is 6.42 Å². The lowest BCUT2D eigenvalue weighted by molar-refractivity contribution is -0.123. The van der Waals surface area contributed by atoms with E-state index in [2.05, 4.69) is 19.2 Å². The van der Waals surface area contributed by atoms with Gasteiger partial charge < -0.3 is 15.5 Å². The third-order valence-electron chi connectivity index (χ3n) is 12.8. The van der Waals surface area contributed by atoms with Gasteiger partial charge in [0.2, 0.25) is 5.91 Å². The van der Waals surface area contributed by atoms with Crippen molar-refractivity contribution in [3.63, 3.8) is 0 Å². The molecule has 1 amide bonds. The fraction of sp³-hybridized carbons (Fsp3) is 0.944. The van der Waals surface area contributed by atoms with E-state index in [1.165, 1.54) is 263 Å². The van der Waals surface area contributed by atoms with Gasteiger partial charge in [-0.3, -0.25) is 4.79 Å². The summed E-state index contributed by atoms with van der Waals surface area (Å²) in [4.78, 5) is 12.4. The Kier molecular flexibility index (Phi) is 49.7. The number of aliphatic hydroxyl groups excluding tert-OH is 2. The van der Waals surface area contributed by atoms with Crippen molar-refractivity contribution in [3.8, 4) is 0 Å². The molecule has 0 aromatic rings. The van der Waals surface area contributed by atoms with Crippen molar-refractivity contribution < 1.29 is 15.0 Å². The molecule has 0 aliphatic rings. The Morgan fingerprint density at radius 2 is 0.638 bits per heavy atom. The number of hydrogen-bond donors (Lipinski definition) is 3. The van der Waals surface area contributed by atoms with E-state index >= 15 is 0 Å².